The largest absolute Gasteiger partial charge is 0.508 e. The van der Waals surface area contributed by atoms with Crippen molar-refractivity contribution in [3.05, 3.63) is 107 Å². The third-order valence-electron chi connectivity index (χ3n) is 6.65. The molecule has 0 bridgehead atoms. The molecule has 1 fully saturated rings. The topological polar surface area (TPSA) is 87.1 Å². The first-order valence-corrected chi connectivity index (χ1v) is 12.1. The van der Waals surface area contributed by atoms with Crippen molar-refractivity contribution >= 4 is 28.4 Å². The molecule has 4 aromatic rings. The molecule has 0 aliphatic carbocycles. The third kappa shape index (κ3) is 5.18. The van der Waals surface area contributed by atoms with E-state index in [9.17, 15) is 14.7 Å². The van der Waals surface area contributed by atoms with Gasteiger partial charge in [-0.2, -0.15) is 0 Å². The van der Waals surface area contributed by atoms with Crippen molar-refractivity contribution < 1.29 is 24.5 Å². The minimum atomic E-state index is -0.978. The maximum atomic E-state index is 12.7. The number of carboxylic acids is 1. The van der Waals surface area contributed by atoms with Crippen molar-refractivity contribution in [1.29, 1.82) is 0 Å². The van der Waals surface area contributed by atoms with E-state index in [1.54, 1.807) is 48.5 Å². The van der Waals surface area contributed by atoms with Crippen molar-refractivity contribution in [2.75, 3.05) is 18.0 Å². The molecule has 1 aliphatic rings. The van der Waals surface area contributed by atoms with Crippen molar-refractivity contribution in [2.45, 2.75) is 25.9 Å². The number of phenolic OH excluding ortho intramolecular Hbond substituents is 1. The molecule has 1 heterocycles. The molecule has 1 saturated heterocycles. The third-order valence-corrected chi connectivity index (χ3v) is 6.65. The second kappa shape index (κ2) is 10.1. The van der Waals surface area contributed by atoms with Crippen molar-refractivity contribution in [3.63, 3.8) is 0 Å². The summed E-state index contributed by atoms with van der Waals surface area (Å²) in [7, 11) is 0. The van der Waals surface area contributed by atoms with E-state index >= 15 is 0 Å². The Morgan fingerprint density at radius 2 is 1.44 bits per heavy atom. The van der Waals surface area contributed by atoms with Crippen LogP contribution in [0.3, 0.4) is 0 Å². The van der Waals surface area contributed by atoms with Crippen LogP contribution in [0.1, 0.15) is 50.2 Å². The zero-order valence-electron chi connectivity index (χ0n) is 19.8. The quantitative estimate of drug-likeness (QED) is 0.325. The molecule has 1 aliphatic heterocycles. The van der Waals surface area contributed by atoms with Crippen LogP contribution in [0.15, 0.2) is 78.9 Å². The van der Waals surface area contributed by atoms with Gasteiger partial charge in [0.2, 0.25) is 0 Å². The fourth-order valence-corrected chi connectivity index (χ4v) is 4.60. The number of benzene rings is 4. The van der Waals surface area contributed by atoms with Gasteiger partial charge in [-0.15, -0.1) is 0 Å². The molecule has 0 saturated carbocycles. The first kappa shape index (κ1) is 23.4. The van der Waals surface area contributed by atoms with Crippen LogP contribution in [0.4, 0.5) is 5.69 Å². The number of aromatic carboxylic acids is 1. The minimum Gasteiger partial charge on any atom is -0.508 e. The minimum absolute atomic E-state index is 0.150. The normalized spacial score (nSPS) is 13.2. The second-order valence-corrected chi connectivity index (χ2v) is 9.16. The summed E-state index contributed by atoms with van der Waals surface area (Å²) in [6.45, 7) is 2.38. The monoisotopic (exact) mass is 481 g/mol. The van der Waals surface area contributed by atoms with Crippen LogP contribution >= 0.6 is 0 Å². The van der Waals surface area contributed by atoms with Gasteiger partial charge in [-0.3, -0.25) is 0 Å². The van der Waals surface area contributed by atoms with E-state index in [1.165, 1.54) is 18.5 Å². The Hall–Kier alpha value is -4.32. The molecule has 0 spiro atoms. The molecule has 0 atom stereocenters. The number of rotatable bonds is 7. The highest BCUT2D eigenvalue weighted by Gasteiger charge is 2.14. The Bertz CT molecular complexity index is 1400. The summed E-state index contributed by atoms with van der Waals surface area (Å²) in [5.74, 6) is -1.23. The smallest absolute Gasteiger partial charge is 0.338 e. The average molecular weight is 482 g/mol. The Labute approximate surface area is 209 Å². The van der Waals surface area contributed by atoms with E-state index in [-0.39, 0.29) is 17.9 Å². The van der Waals surface area contributed by atoms with Crippen LogP contribution in [0.5, 0.6) is 5.75 Å². The van der Waals surface area contributed by atoms with Crippen LogP contribution in [0.25, 0.3) is 10.8 Å². The average Bonchev–Trinajstić information content (AvgIpc) is 3.43. The van der Waals surface area contributed by atoms with Crippen LogP contribution in [-0.4, -0.2) is 35.2 Å². The number of nitrogens with zero attached hydrogens (tertiary/aromatic N) is 1. The molecule has 4 aromatic carbocycles. The van der Waals surface area contributed by atoms with Crippen LogP contribution < -0.4 is 4.90 Å². The van der Waals surface area contributed by atoms with Crippen LogP contribution in [0.2, 0.25) is 0 Å². The Kier molecular flexibility index (Phi) is 6.58. The van der Waals surface area contributed by atoms with Gasteiger partial charge in [0, 0.05) is 25.2 Å². The second-order valence-electron chi connectivity index (χ2n) is 9.16. The summed E-state index contributed by atoms with van der Waals surface area (Å²) in [5, 5.41) is 21.2. The van der Waals surface area contributed by atoms with Gasteiger partial charge in [-0.05, 0) is 88.8 Å². The summed E-state index contributed by atoms with van der Waals surface area (Å²) in [4.78, 5) is 26.2. The predicted octanol–water partition coefficient (Wildman–Crippen LogP) is 5.79. The zero-order valence-corrected chi connectivity index (χ0v) is 19.8. The lowest BCUT2D eigenvalue weighted by Crippen LogP contribution is -2.17. The summed E-state index contributed by atoms with van der Waals surface area (Å²) in [6.07, 6.45) is 2.89. The number of esters is 1. The van der Waals surface area contributed by atoms with Gasteiger partial charge in [0.25, 0.3) is 0 Å². The van der Waals surface area contributed by atoms with Gasteiger partial charge >= 0.3 is 11.9 Å². The maximum absolute atomic E-state index is 12.7. The lowest BCUT2D eigenvalue weighted by atomic mass is 9.98. The maximum Gasteiger partial charge on any atom is 0.338 e. The molecular weight excluding hydrogens is 454 g/mol. The first-order chi connectivity index (χ1) is 17.5. The molecule has 0 aromatic heterocycles. The van der Waals surface area contributed by atoms with E-state index in [4.69, 9.17) is 9.84 Å². The molecule has 36 heavy (non-hydrogen) atoms. The molecule has 0 amide bonds. The van der Waals surface area contributed by atoms with Gasteiger partial charge in [0.05, 0.1) is 11.1 Å². The summed E-state index contributed by atoms with van der Waals surface area (Å²) >= 11 is 0. The highest BCUT2D eigenvalue weighted by molar-refractivity contribution is 5.96. The van der Waals surface area contributed by atoms with Gasteiger partial charge in [0.15, 0.2) is 0 Å². The van der Waals surface area contributed by atoms with Crippen LogP contribution in [0, 0.1) is 0 Å². The van der Waals surface area contributed by atoms with Crippen molar-refractivity contribution in [3.8, 4) is 5.75 Å². The number of carboxylic acid groups (broad SMARTS) is 1. The Balaban J connectivity index is 1.28. The van der Waals surface area contributed by atoms with E-state index in [0.29, 0.717) is 17.5 Å². The van der Waals surface area contributed by atoms with Gasteiger partial charge < -0.3 is 19.8 Å². The summed E-state index contributed by atoms with van der Waals surface area (Å²) in [5.41, 5.74) is 4.36. The van der Waals surface area contributed by atoms with Crippen molar-refractivity contribution in [1.82, 2.24) is 0 Å². The Morgan fingerprint density at radius 3 is 2.14 bits per heavy atom. The zero-order chi connectivity index (χ0) is 25.1. The van der Waals surface area contributed by atoms with E-state index in [1.807, 2.05) is 18.2 Å². The van der Waals surface area contributed by atoms with E-state index < -0.39 is 11.9 Å². The standard InChI is InChI=1S/C30H27NO5/c32-28-18-23-9-10-24(16-25(23)17-26(28)15-20-3-7-22(8-4-20)29(33)34)30(35)36-19-21-5-11-27(12-6-21)31-13-1-2-14-31/h3-12,16-18,32H,1-2,13-15,19H2,(H,33,34). The molecule has 0 radical (unpaired) electrons. The number of phenols is 1. The molecule has 0 unspecified atom stereocenters. The SMILES string of the molecule is O=C(O)c1ccc(Cc2cc3cc(C(=O)OCc4ccc(N5CCCC5)cc4)ccc3cc2O)cc1. The highest BCUT2D eigenvalue weighted by Crippen LogP contribution is 2.28. The van der Waals surface area contributed by atoms with E-state index in [0.717, 1.165) is 35.0 Å². The number of hydrogen-bond donors (Lipinski definition) is 2. The lowest BCUT2D eigenvalue weighted by molar-refractivity contribution is 0.0472. The highest BCUT2D eigenvalue weighted by atomic mass is 16.5. The number of fused-ring (bicyclic) bond motifs is 1. The summed E-state index contributed by atoms with van der Waals surface area (Å²) in [6, 6.07) is 23.5. The molecule has 6 heteroatoms. The van der Waals surface area contributed by atoms with Gasteiger partial charge in [-0.25, -0.2) is 9.59 Å². The molecular formula is C30H27NO5. The van der Waals surface area contributed by atoms with Crippen molar-refractivity contribution in [2.24, 2.45) is 0 Å². The number of anilines is 1. The van der Waals surface area contributed by atoms with E-state index in [2.05, 4.69) is 17.0 Å². The van der Waals surface area contributed by atoms with Gasteiger partial charge in [-0.1, -0.05) is 30.3 Å². The summed E-state index contributed by atoms with van der Waals surface area (Å²) < 4.78 is 5.56. The molecule has 2 N–H and O–H groups in total. The number of aromatic hydroxyl groups is 1. The lowest BCUT2D eigenvalue weighted by Gasteiger charge is -2.17. The number of carbonyl (C=O) groups is 2. The number of carbonyl (C=O) groups excluding carboxylic acids is 1. The fraction of sp³-hybridized carbons (Fsp3) is 0.200. The molecule has 5 rings (SSSR count). The number of ether oxygens (including phenoxy) is 1. The Morgan fingerprint density at radius 1 is 0.778 bits per heavy atom. The molecule has 6 nitrogen and oxygen atoms in total. The fourth-order valence-electron chi connectivity index (χ4n) is 4.60. The van der Waals surface area contributed by atoms with Crippen LogP contribution in [-0.2, 0) is 17.8 Å². The molecule has 182 valence electrons. The number of hydrogen-bond acceptors (Lipinski definition) is 5. The predicted molar refractivity (Wildman–Crippen MR) is 139 cm³/mol. The van der Waals surface area contributed by atoms with Gasteiger partial charge in [0.1, 0.15) is 12.4 Å². The first-order valence-electron chi connectivity index (χ1n) is 12.1.